The summed E-state index contributed by atoms with van der Waals surface area (Å²) in [6.07, 6.45) is 0. The van der Waals surface area contributed by atoms with Gasteiger partial charge in [0.1, 0.15) is 0 Å². The van der Waals surface area contributed by atoms with Gasteiger partial charge in [-0.3, -0.25) is 0 Å². The molecule has 11 rings (SSSR count). The number of nitrogens with zero attached hydrogens (tertiary/aromatic N) is 4. The first kappa shape index (κ1) is 34.1. The van der Waals surface area contributed by atoms with Crippen LogP contribution in [0.1, 0.15) is 11.1 Å². The van der Waals surface area contributed by atoms with Gasteiger partial charge in [0.05, 0.1) is 11.0 Å². The molecule has 58 heavy (non-hydrogen) atoms. The second-order valence-electron chi connectivity index (χ2n) is 14.9. The molecule has 0 radical (unpaired) electrons. The average molecular weight is 761 g/mol. The Hall–Kier alpha value is -7.21. The maximum absolute atomic E-state index is 5.12. The summed E-state index contributed by atoms with van der Waals surface area (Å²) in [7, 11) is 0. The lowest BCUT2D eigenvalue weighted by molar-refractivity contribution is 1.08. The number of para-hydroxylation sites is 1. The Kier molecular flexibility index (Phi) is 8.09. The lowest BCUT2D eigenvalue weighted by Crippen LogP contribution is -2.00. The van der Waals surface area contributed by atoms with Gasteiger partial charge >= 0.3 is 0 Å². The zero-order valence-electron chi connectivity index (χ0n) is 32.0. The third-order valence-electron chi connectivity index (χ3n) is 11.4. The molecule has 3 heterocycles. The molecule has 0 saturated heterocycles. The fourth-order valence-electron chi connectivity index (χ4n) is 8.59. The molecule has 0 N–H and O–H groups in total. The highest BCUT2D eigenvalue weighted by molar-refractivity contribution is 7.26. The summed E-state index contributed by atoms with van der Waals surface area (Å²) in [6, 6.07) is 64.7. The molecular weight excluding hydrogens is 725 g/mol. The zero-order chi connectivity index (χ0) is 38.7. The van der Waals surface area contributed by atoms with Crippen molar-refractivity contribution in [2.45, 2.75) is 13.8 Å². The minimum atomic E-state index is 0.658. The van der Waals surface area contributed by atoms with E-state index in [0.717, 1.165) is 27.8 Å². The van der Waals surface area contributed by atoms with Gasteiger partial charge < -0.3 is 4.57 Å². The van der Waals surface area contributed by atoms with Gasteiger partial charge in [0.25, 0.3) is 0 Å². The highest BCUT2D eigenvalue weighted by atomic mass is 32.1. The summed E-state index contributed by atoms with van der Waals surface area (Å²) in [5, 5.41) is 4.84. The molecule has 0 unspecified atom stereocenters. The van der Waals surface area contributed by atoms with E-state index in [2.05, 4.69) is 164 Å². The Morgan fingerprint density at radius 1 is 0.414 bits per heavy atom. The van der Waals surface area contributed by atoms with E-state index < -0.39 is 0 Å². The third kappa shape index (κ3) is 5.62. The van der Waals surface area contributed by atoms with Crippen molar-refractivity contribution < 1.29 is 0 Å². The molecule has 0 fully saturated rings. The molecule has 0 spiro atoms. The smallest absolute Gasteiger partial charge is 0.164 e. The Morgan fingerprint density at radius 3 is 1.72 bits per heavy atom. The standard InChI is InChI=1S/C53H36N4S/c1-33-15-12-13-22-40(33)41-27-28-42-44-31-37(25-29-46(44)57(50(42)34(41)2)39-20-10-5-11-21-39)38-26-30-47-45(32-38)49-43(23-14-24-48(49)58-47)53-55-51(35-16-6-3-7-17-35)54-52(56-53)36-18-8-4-9-19-36/h3-32H,1-2H3. The minimum absolute atomic E-state index is 0.658. The van der Waals surface area contributed by atoms with Crippen LogP contribution in [0.5, 0.6) is 0 Å². The van der Waals surface area contributed by atoms with Crippen LogP contribution in [-0.4, -0.2) is 19.5 Å². The van der Waals surface area contributed by atoms with E-state index in [0.29, 0.717) is 17.5 Å². The van der Waals surface area contributed by atoms with Crippen LogP contribution in [0.4, 0.5) is 0 Å². The third-order valence-corrected chi connectivity index (χ3v) is 12.5. The van der Waals surface area contributed by atoms with Gasteiger partial charge in [-0.1, -0.05) is 140 Å². The predicted octanol–water partition coefficient (Wildman–Crippen LogP) is 14.3. The highest BCUT2D eigenvalue weighted by Crippen LogP contribution is 2.43. The normalized spacial score (nSPS) is 11.6. The molecule has 0 aliphatic rings. The van der Waals surface area contributed by atoms with Crippen LogP contribution in [0.2, 0.25) is 0 Å². The SMILES string of the molecule is Cc1ccccc1-c1ccc2c3cc(-c4ccc5sc6cccc(-c7nc(-c8ccccc8)nc(-c8ccccc8)n7)c6c5c4)ccc3n(-c3ccccc3)c2c1C. The van der Waals surface area contributed by atoms with E-state index >= 15 is 0 Å². The molecule has 0 aliphatic heterocycles. The van der Waals surface area contributed by atoms with Gasteiger partial charge in [0.15, 0.2) is 17.5 Å². The van der Waals surface area contributed by atoms with Gasteiger partial charge in [-0.25, -0.2) is 15.0 Å². The summed E-state index contributed by atoms with van der Waals surface area (Å²) in [6.45, 7) is 4.47. The van der Waals surface area contributed by atoms with Crippen molar-refractivity contribution in [2.75, 3.05) is 0 Å². The number of thiophene rings is 1. The molecule has 5 heteroatoms. The highest BCUT2D eigenvalue weighted by Gasteiger charge is 2.20. The van der Waals surface area contributed by atoms with Gasteiger partial charge in [-0.05, 0) is 89.7 Å². The van der Waals surface area contributed by atoms with Crippen molar-refractivity contribution in [1.29, 1.82) is 0 Å². The topological polar surface area (TPSA) is 43.6 Å². The number of rotatable bonds is 6. The average Bonchev–Trinajstić information content (AvgIpc) is 3.83. The van der Waals surface area contributed by atoms with Crippen molar-refractivity contribution in [1.82, 2.24) is 19.5 Å². The number of aromatic nitrogens is 4. The first-order chi connectivity index (χ1) is 28.6. The maximum atomic E-state index is 5.12. The Labute approximate surface area is 340 Å². The van der Waals surface area contributed by atoms with Gasteiger partial charge in [-0.15, -0.1) is 11.3 Å². The van der Waals surface area contributed by atoms with Gasteiger partial charge in [0, 0.05) is 53.3 Å². The zero-order valence-corrected chi connectivity index (χ0v) is 32.8. The van der Waals surface area contributed by atoms with Crippen molar-refractivity contribution >= 4 is 53.3 Å². The molecule has 0 saturated carbocycles. The minimum Gasteiger partial charge on any atom is -0.309 e. The lowest BCUT2D eigenvalue weighted by Gasteiger charge is -2.14. The number of benzene rings is 8. The summed E-state index contributed by atoms with van der Waals surface area (Å²) in [4.78, 5) is 15.2. The van der Waals surface area contributed by atoms with Gasteiger partial charge in [-0.2, -0.15) is 0 Å². The quantitative estimate of drug-likeness (QED) is 0.169. The van der Waals surface area contributed by atoms with Crippen LogP contribution in [0.25, 0.3) is 104 Å². The first-order valence-corrected chi connectivity index (χ1v) is 20.4. The fraction of sp³-hybridized carbons (Fsp3) is 0.0377. The summed E-state index contributed by atoms with van der Waals surface area (Å²) >= 11 is 1.81. The van der Waals surface area contributed by atoms with Crippen molar-refractivity contribution in [2.24, 2.45) is 0 Å². The second kappa shape index (κ2) is 13.8. The van der Waals surface area contributed by atoms with E-state index in [1.54, 1.807) is 0 Å². The van der Waals surface area contributed by atoms with Crippen LogP contribution >= 0.6 is 11.3 Å². The van der Waals surface area contributed by atoms with Crippen molar-refractivity contribution in [3.63, 3.8) is 0 Å². The molecule has 8 aromatic carbocycles. The number of aryl methyl sites for hydroxylation is 2. The summed E-state index contributed by atoms with van der Waals surface area (Å²) in [5.41, 5.74) is 13.9. The molecular formula is C53H36N4S. The van der Waals surface area contributed by atoms with Crippen LogP contribution in [0.15, 0.2) is 182 Å². The molecule has 0 atom stereocenters. The first-order valence-electron chi connectivity index (χ1n) is 19.6. The van der Waals surface area contributed by atoms with Crippen molar-refractivity contribution in [3.8, 4) is 62.1 Å². The number of fused-ring (bicyclic) bond motifs is 6. The predicted molar refractivity (Wildman–Crippen MR) is 244 cm³/mol. The molecule has 3 aromatic heterocycles. The van der Waals surface area contributed by atoms with E-state index in [9.17, 15) is 0 Å². The number of hydrogen-bond acceptors (Lipinski definition) is 4. The summed E-state index contributed by atoms with van der Waals surface area (Å²) in [5.74, 6) is 1.98. The van der Waals surface area contributed by atoms with Crippen LogP contribution in [0.3, 0.4) is 0 Å². The molecule has 0 aliphatic carbocycles. The Bertz CT molecular complexity index is 3290. The van der Waals surface area contributed by atoms with E-state index in [1.807, 2.05) is 47.7 Å². The second-order valence-corrected chi connectivity index (χ2v) is 16.0. The van der Waals surface area contributed by atoms with E-state index in [1.165, 1.54) is 70.0 Å². The largest absolute Gasteiger partial charge is 0.309 e. The maximum Gasteiger partial charge on any atom is 0.164 e. The van der Waals surface area contributed by atoms with E-state index in [4.69, 9.17) is 15.0 Å². The monoisotopic (exact) mass is 760 g/mol. The summed E-state index contributed by atoms with van der Waals surface area (Å²) < 4.78 is 4.87. The van der Waals surface area contributed by atoms with Gasteiger partial charge in [0.2, 0.25) is 0 Å². The molecule has 0 bridgehead atoms. The number of hydrogen-bond donors (Lipinski definition) is 0. The van der Waals surface area contributed by atoms with Crippen LogP contribution < -0.4 is 0 Å². The molecule has 4 nitrogen and oxygen atoms in total. The van der Waals surface area contributed by atoms with Crippen molar-refractivity contribution in [3.05, 3.63) is 193 Å². The lowest BCUT2D eigenvalue weighted by atomic mass is 9.94. The molecule has 11 aromatic rings. The molecule has 274 valence electrons. The van der Waals surface area contributed by atoms with Crippen LogP contribution in [-0.2, 0) is 0 Å². The Balaban J connectivity index is 1.10. The van der Waals surface area contributed by atoms with E-state index in [-0.39, 0.29) is 0 Å². The fourth-order valence-corrected chi connectivity index (χ4v) is 9.70. The Morgan fingerprint density at radius 2 is 1.02 bits per heavy atom. The van der Waals surface area contributed by atoms with Crippen LogP contribution in [0, 0.1) is 13.8 Å². The molecule has 0 amide bonds.